The van der Waals surface area contributed by atoms with Gasteiger partial charge in [0.25, 0.3) is 0 Å². The Morgan fingerprint density at radius 1 is 1.14 bits per heavy atom. The molecular weight excluding hydrogens is 286 g/mol. The zero-order valence-corrected chi connectivity index (χ0v) is 12.1. The molecule has 6 heteroatoms. The fourth-order valence-electron chi connectivity index (χ4n) is 2.47. The Kier molecular flexibility index (Phi) is 4.93. The molecule has 0 bridgehead atoms. The molecule has 1 aliphatic rings. The summed E-state index contributed by atoms with van der Waals surface area (Å²) in [7, 11) is 1.25. The van der Waals surface area contributed by atoms with Crippen LogP contribution in [0.1, 0.15) is 23.2 Å². The van der Waals surface area contributed by atoms with Crippen LogP contribution in [0.3, 0.4) is 0 Å². The van der Waals surface area contributed by atoms with Crippen molar-refractivity contribution in [2.75, 3.05) is 12.4 Å². The number of anilines is 1. The van der Waals surface area contributed by atoms with Crippen LogP contribution in [0.15, 0.2) is 36.4 Å². The first kappa shape index (κ1) is 15.8. The van der Waals surface area contributed by atoms with E-state index in [1.54, 1.807) is 30.4 Å². The van der Waals surface area contributed by atoms with Gasteiger partial charge in [0, 0.05) is 11.9 Å². The zero-order valence-electron chi connectivity index (χ0n) is 12.1. The number of rotatable bonds is 4. The van der Waals surface area contributed by atoms with E-state index in [1.807, 2.05) is 0 Å². The number of methoxy groups -OCH3 is 1. The van der Waals surface area contributed by atoms with E-state index in [0.29, 0.717) is 12.1 Å². The molecule has 1 aromatic carbocycles. The summed E-state index contributed by atoms with van der Waals surface area (Å²) in [5.41, 5.74) is 0.515. The topological polar surface area (TPSA) is 95.5 Å². The molecule has 0 spiro atoms. The van der Waals surface area contributed by atoms with E-state index >= 15 is 0 Å². The summed E-state index contributed by atoms with van der Waals surface area (Å²) in [6, 6.07) is 6.41. The van der Waals surface area contributed by atoms with Crippen LogP contribution in [0.4, 0.5) is 5.69 Å². The number of carboxylic acids is 1. The van der Waals surface area contributed by atoms with E-state index in [1.165, 1.54) is 13.2 Å². The average molecular weight is 302 g/mol. The van der Waals surface area contributed by atoms with Crippen molar-refractivity contribution in [3.8, 4) is 0 Å². The third-order valence-electron chi connectivity index (χ3n) is 3.66. The lowest BCUT2D eigenvalue weighted by Crippen LogP contribution is -2.41. The number of hydrogen-bond donors (Lipinski definition) is 1. The lowest BCUT2D eigenvalue weighted by Gasteiger charge is -2.28. The molecule has 2 rings (SSSR count). The molecule has 22 heavy (non-hydrogen) atoms. The van der Waals surface area contributed by atoms with Crippen LogP contribution in [0.25, 0.3) is 0 Å². The van der Waals surface area contributed by atoms with Gasteiger partial charge in [-0.15, -0.1) is 0 Å². The molecule has 1 aromatic rings. The van der Waals surface area contributed by atoms with Gasteiger partial charge in [-0.25, -0.2) is 4.79 Å². The van der Waals surface area contributed by atoms with Crippen molar-refractivity contribution >= 4 is 23.5 Å². The van der Waals surface area contributed by atoms with Gasteiger partial charge >= 0.3 is 5.97 Å². The van der Waals surface area contributed by atoms with Crippen molar-refractivity contribution in [1.82, 2.24) is 0 Å². The Labute approximate surface area is 127 Å². The Hall–Kier alpha value is -2.63. The summed E-state index contributed by atoms with van der Waals surface area (Å²) in [5.74, 6) is -3.85. The lowest BCUT2D eigenvalue weighted by atomic mass is 9.82. The minimum absolute atomic E-state index is 0.217. The quantitative estimate of drug-likeness (QED) is 0.654. The van der Waals surface area contributed by atoms with Crippen LogP contribution in [0.2, 0.25) is 0 Å². The molecule has 6 nitrogen and oxygen atoms in total. The molecule has 0 radical (unpaired) electrons. The molecule has 0 saturated carbocycles. The van der Waals surface area contributed by atoms with Gasteiger partial charge in [0.1, 0.15) is 0 Å². The van der Waals surface area contributed by atoms with Crippen LogP contribution in [0.5, 0.6) is 0 Å². The molecule has 1 aliphatic carbocycles. The lowest BCUT2D eigenvalue weighted by molar-refractivity contribution is -0.313. The Bertz CT molecular complexity index is 623. The predicted molar refractivity (Wildman–Crippen MR) is 76.8 cm³/mol. The number of carbonyl (C=O) groups is 3. The van der Waals surface area contributed by atoms with E-state index in [0.717, 1.165) is 0 Å². The van der Waals surface area contributed by atoms with E-state index in [4.69, 9.17) is 0 Å². The number of aliphatic carboxylic acids is 1. The van der Waals surface area contributed by atoms with E-state index < -0.39 is 29.7 Å². The Balaban J connectivity index is 2.20. The largest absolute Gasteiger partial charge is 0.550 e. The SMILES string of the molecule is COC(=O)c1ccccc1NC(=O)[C@@H]1CC=CC[C@H]1C(=O)[O-]. The summed E-state index contributed by atoms with van der Waals surface area (Å²) in [6.45, 7) is 0. The van der Waals surface area contributed by atoms with Gasteiger partial charge in [0.15, 0.2) is 0 Å². The molecular formula is C16H16NO5-. The highest BCUT2D eigenvalue weighted by Crippen LogP contribution is 2.27. The number of esters is 1. The first-order valence-electron chi connectivity index (χ1n) is 6.88. The van der Waals surface area contributed by atoms with Crippen LogP contribution in [-0.4, -0.2) is 25.0 Å². The summed E-state index contributed by atoms with van der Waals surface area (Å²) in [5, 5.41) is 13.8. The molecule has 0 unspecified atom stereocenters. The summed E-state index contributed by atoms with van der Waals surface area (Å²) >= 11 is 0. The highest BCUT2D eigenvalue weighted by molar-refractivity contribution is 6.02. The van der Waals surface area contributed by atoms with Crippen molar-refractivity contribution in [3.05, 3.63) is 42.0 Å². The van der Waals surface area contributed by atoms with Crippen molar-refractivity contribution in [3.63, 3.8) is 0 Å². The fourth-order valence-corrected chi connectivity index (χ4v) is 2.47. The summed E-state index contributed by atoms with van der Waals surface area (Å²) in [6.07, 6.45) is 4.09. The number of nitrogens with one attached hydrogen (secondary N) is 1. The first-order chi connectivity index (χ1) is 10.5. The monoisotopic (exact) mass is 302 g/mol. The number of allylic oxidation sites excluding steroid dienone is 2. The molecule has 0 fully saturated rings. The van der Waals surface area contributed by atoms with Gasteiger partial charge in [-0.3, -0.25) is 4.79 Å². The molecule has 0 saturated heterocycles. The van der Waals surface area contributed by atoms with Gasteiger partial charge in [-0.05, 0) is 25.0 Å². The molecule has 0 aliphatic heterocycles. The second-order valence-electron chi connectivity index (χ2n) is 5.00. The number of carboxylic acid groups (broad SMARTS) is 1. The number of amides is 1. The highest BCUT2D eigenvalue weighted by Gasteiger charge is 2.30. The maximum absolute atomic E-state index is 12.4. The van der Waals surface area contributed by atoms with E-state index in [-0.39, 0.29) is 12.0 Å². The van der Waals surface area contributed by atoms with Crippen LogP contribution < -0.4 is 10.4 Å². The minimum Gasteiger partial charge on any atom is -0.550 e. The third kappa shape index (κ3) is 3.33. The number of hydrogen-bond acceptors (Lipinski definition) is 5. The number of benzene rings is 1. The second kappa shape index (κ2) is 6.89. The average Bonchev–Trinajstić information content (AvgIpc) is 2.54. The smallest absolute Gasteiger partial charge is 0.339 e. The molecule has 0 aromatic heterocycles. The van der Waals surface area contributed by atoms with E-state index in [9.17, 15) is 19.5 Å². The molecule has 0 heterocycles. The zero-order chi connectivity index (χ0) is 16.1. The molecule has 1 N–H and O–H groups in total. The van der Waals surface area contributed by atoms with Gasteiger partial charge < -0.3 is 20.0 Å². The van der Waals surface area contributed by atoms with Crippen LogP contribution in [0, 0.1) is 11.8 Å². The predicted octanol–water partition coefficient (Wildman–Crippen LogP) is 0.744. The van der Waals surface area contributed by atoms with Crippen molar-refractivity contribution in [2.45, 2.75) is 12.8 Å². The van der Waals surface area contributed by atoms with Crippen molar-refractivity contribution in [2.24, 2.45) is 11.8 Å². The van der Waals surface area contributed by atoms with Crippen LogP contribution in [-0.2, 0) is 14.3 Å². The highest BCUT2D eigenvalue weighted by atomic mass is 16.5. The molecule has 116 valence electrons. The van der Waals surface area contributed by atoms with E-state index in [2.05, 4.69) is 10.1 Å². The van der Waals surface area contributed by atoms with Crippen molar-refractivity contribution in [1.29, 1.82) is 0 Å². The Morgan fingerprint density at radius 2 is 1.77 bits per heavy atom. The molecule has 1 amide bonds. The standard InChI is InChI=1S/C16H17NO5/c1-22-16(21)12-8-4-5-9-13(12)17-14(18)10-6-2-3-7-11(10)15(19)20/h2-5,8-11H,6-7H2,1H3,(H,17,18)(H,19,20)/p-1/t10-,11-/m1/s1. The minimum atomic E-state index is -1.24. The Morgan fingerprint density at radius 3 is 2.41 bits per heavy atom. The first-order valence-corrected chi connectivity index (χ1v) is 6.88. The maximum atomic E-state index is 12.4. The van der Waals surface area contributed by atoms with Crippen LogP contribution >= 0.6 is 0 Å². The number of carbonyl (C=O) groups excluding carboxylic acids is 3. The maximum Gasteiger partial charge on any atom is 0.339 e. The van der Waals surface area contributed by atoms with Gasteiger partial charge in [0.2, 0.25) is 5.91 Å². The van der Waals surface area contributed by atoms with Gasteiger partial charge in [-0.2, -0.15) is 0 Å². The fraction of sp³-hybridized carbons (Fsp3) is 0.312. The summed E-state index contributed by atoms with van der Waals surface area (Å²) in [4.78, 5) is 35.2. The number of para-hydroxylation sites is 1. The van der Waals surface area contributed by atoms with Gasteiger partial charge in [-0.1, -0.05) is 24.3 Å². The second-order valence-corrected chi connectivity index (χ2v) is 5.00. The summed E-state index contributed by atoms with van der Waals surface area (Å²) < 4.78 is 4.66. The third-order valence-corrected chi connectivity index (χ3v) is 3.66. The van der Waals surface area contributed by atoms with Gasteiger partial charge in [0.05, 0.1) is 24.3 Å². The number of ether oxygens (including phenoxy) is 1. The molecule has 2 atom stereocenters. The normalized spacial score (nSPS) is 20.2. The van der Waals surface area contributed by atoms with Crippen molar-refractivity contribution < 1.29 is 24.2 Å².